The minimum Gasteiger partial charge on any atom is -0.309 e. The highest BCUT2D eigenvalue weighted by Gasteiger charge is 2.21. The Morgan fingerprint density at radius 2 is 2.42 bits per heavy atom. The molecule has 0 spiro atoms. The highest BCUT2D eigenvalue weighted by atomic mass is 79.9. The number of nitrogens with two attached hydrogens (primary N) is 1. The van der Waals surface area contributed by atoms with Crippen LogP contribution in [0.1, 0.15) is 12.6 Å². The first kappa shape index (κ1) is 9.17. The van der Waals surface area contributed by atoms with Gasteiger partial charge in [0.05, 0.1) is 11.8 Å². The Morgan fingerprint density at radius 1 is 1.75 bits per heavy atom. The van der Waals surface area contributed by atoms with Crippen molar-refractivity contribution in [3.8, 4) is 6.07 Å². The van der Waals surface area contributed by atoms with Gasteiger partial charge in [0.15, 0.2) is 0 Å². The summed E-state index contributed by atoms with van der Waals surface area (Å²) in [5, 5.41) is 8.71. The molecule has 0 fully saturated rings. The van der Waals surface area contributed by atoms with Crippen molar-refractivity contribution in [2.75, 3.05) is 0 Å². The van der Waals surface area contributed by atoms with Gasteiger partial charge >= 0.3 is 0 Å². The van der Waals surface area contributed by atoms with Gasteiger partial charge in [-0.2, -0.15) is 5.26 Å². The van der Waals surface area contributed by atoms with E-state index in [0.29, 0.717) is 5.69 Å². The highest BCUT2D eigenvalue weighted by Crippen LogP contribution is 2.17. The van der Waals surface area contributed by atoms with E-state index < -0.39 is 5.54 Å². The average molecular weight is 226 g/mol. The summed E-state index contributed by atoms with van der Waals surface area (Å²) in [4.78, 5) is 4.00. The van der Waals surface area contributed by atoms with Crippen LogP contribution < -0.4 is 5.73 Å². The molecule has 12 heavy (non-hydrogen) atoms. The van der Waals surface area contributed by atoms with Crippen molar-refractivity contribution in [1.82, 2.24) is 4.98 Å². The van der Waals surface area contributed by atoms with Gasteiger partial charge in [-0.25, -0.2) is 0 Å². The smallest absolute Gasteiger partial charge is 0.143 e. The normalized spacial score (nSPS) is 14.8. The van der Waals surface area contributed by atoms with E-state index in [2.05, 4.69) is 20.9 Å². The summed E-state index contributed by atoms with van der Waals surface area (Å²) in [6.45, 7) is 1.63. The lowest BCUT2D eigenvalue weighted by Gasteiger charge is -2.13. The Morgan fingerprint density at radius 3 is 2.92 bits per heavy atom. The topological polar surface area (TPSA) is 62.7 Å². The Kier molecular flexibility index (Phi) is 2.46. The van der Waals surface area contributed by atoms with E-state index in [9.17, 15) is 0 Å². The van der Waals surface area contributed by atoms with Gasteiger partial charge in [-0.3, -0.25) is 4.98 Å². The number of hydrogen-bond donors (Lipinski definition) is 1. The van der Waals surface area contributed by atoms with E-state index in [4.69, 9.17) is 11.0 Å². The number of hydrogen-bond acceptors (Lipinski definition) is 3. The van der Waals surface area contributed by atoms with Gasteiger partial charge in [0.2, 0.25) is 0 Å². The van der Waals surface area contributed by atoms with E-state index >= 15 is 0 Å². The standard InChI is InChI=1S/C8H8BrN3/c1-8(11,5-10)7-4-6(9)2-3-12-7/h2-4H,11H2,1H3. The summed E-state index contributed by atoms with van der Waals surface area (Å²) in [5.41, 5.74) is 5.22. The summed E-state index contributed by atoms with van der Waals surface area (Å²) >= 11 is 3.28. The fourth-order valence-electron chi connectivity index (χ4n) is 0.746. The van der Waals surface area contributed by atoms with Crippen LogP contribution in [0.4, 0.5) is 0 Å². The molecule has 0 saturated heterocycles. The predicted octanol–water partition coefficient (Wildman–Crippen LogP) is 1.54. The zero-order chi connectivity index (χ0) is 9.19. The Labute approximate surface area is 79.3 Å². The Hall–Kier alpha value is -0.920. The molecular weight excluding hydrogens is 218 g/mol. The predicted molar refractivity (Wildman–Crippen MR) is 49.1 cm³/mol. The number of pyridine rings is 1. The molecule has 0 aliphatic heterocycles. The van der Waals surface area contributed by atoms with E-state index in [1.807, 2.05) is 6.07 Å². The monoisotopic (exact) mass is 225 g/mol. The molecule has 1 rings (SSSR count). The van der Waals surface area contributed by atoms with E-state index in [1.165, 1.54) is 0 Å². The van der Waals surface area contributed by atoms with Crippen LogP contribution in [0.3, 0.4) is 0 Å². The fourth-order valence-corrected chi connectivity index (χ4v) is 1.08. The van der Waals surface area contributed by atoms with E-state index in [-0.39, 0.29) is 0 Å². The lowest BCUT2D eigenvalue weighted by atomic mass is 10.0. The molecule has 0 bridgehead atoms. The van der Waals surface area contributed by atoms with Gasteiger partial charge in [-0.15, -0.1) is 0 Å². The average Bonchev–Trinajstić information content (AvgIpc) is 2.05. The Balaban J connectivity index is 3.14. The van der Waals surface area contributed by atoms with Crippen molar-refractivity contribution < 1.29 is 0 Å². The van der Waals surface area contributed by atoms with Gasteiger partial charge in [0.1, 0.15) is 5.54 Å². The summed E-state index contributed by atoms with van der Waals surface area (Å²) < 4.78 is 0.874. The van der Waals surface area contributed by atoms with Gasteiger partial charge in [-0.1, -0.05) is 15.9 Å². The number of nitriles is 1. The van der Waals surface area contributed by atoms with Crippen LogP contribution in [0.2, 0.25) is 0 Å². The van der Waals surface area contributed by atoms with Crippen LogP contribution in [-0.4, -0.2) is 4.98 Å². The maximum absolute atomic E-state index is 8.71. The number of halogens is 1. The molecule has 1 heterocycles. The molecular formula is C8H8BrN3. The molecule has 1 aromatic rings. The molecule has 2 N–H and O–H groups in total. The molecule has 3 nitrogen and oxygen atoms in total. The molecule has 0 aliphatic carbocycles. The third-order valence-corrected chi connectivity index (χ3v) is 1.98. The van der Waals surface area contributed by atoms with Crippen molar-refractivity contribution in [2.45, 2.75) is 12.5 Å². The van der Waals surface area contributed by atoms with Crippen molar-refractivity contribution in [3.05, 3.63) is 28.5 Å². The van der Waals surface area contributed by atoms with Crippen LogP contribution in [0.25, 0.3) is 0 Å². The molecule has 0 aliphatic rings. The zero-order valence-electron chi connectivity index (χ0n) is 6.58. The fraction of sp³-hybridized carbons (Fsp3) is 0.250. The number of nitrogens with zero attached hydrogens (tertiary/aromatic N) is 2. The second kappa shape index (κ2) is 3.21. The molecule has 0 amide bonds. The molecule has 0 aromatic carbocycles. The third kappa shape index (κ3) is 1.81. The molecule has 62 valence electrons. The number of rotatable bonds is 1. The second-order valence-electron chi connectivity index (χ2n) is 2.67. The summed E-state index contributed by atoms with van der Waals surface area (Å²) in [5.74, 6) is 0. The van der Waals surface area contributed by atoms with Crippen molar-refractivity contribution in [2.24, 2.45) is 5.73 Å². The highest BCUT2D eigenvalue weighted by molar-refractivity contribution is 9.10. The summed E-state index contributed by atoms with van der Waals surface area (Å²) in [6.07, 6.45) is 1.61. The van der Waals surface area contributed by atoms with Crippen LogP contribution in [0, 0.1) is 11.3 Å². The van der Waals surface area contributed by atoms with Gasteiger partial charge in [0.25, 0.3) is 0 Å². The SMILES string of the molecule is CC(N)(C#N)c1cc(Br)ccn1. The zero-order valence-corrected chi connectivity index (χ0v) is 8.17. The maximum Gasteiger partial charge on any atom is 0.143 e. The summed E-state index contributed by atoms with van der Waals surface area (Å²) in [6, 6.07) is 5.51. The summed E-state index contributed by atoms with van der Waals surface area (Å²) in [7, 11) is 0. The van der Waals surface area contributed by atoms with E-state index in [1.54, 1.807) is 25.3 Å². The molecule has 0 radical (unpaired) electrons. The minimum atomic E-state index is -1.01. The first-order valence-corrected chi connectivity index (χ1v) is 4.18. The van der Waals surface area contributed by atoms with Crippen LogP contribution in [0.5, 0.6) is 0 Å². The molecule has 0 saturated carbocycles. The first-order chi connectivity index (χ1) is 5.56. The van der Waals surface area contributed by atoms with Crippen LogP contribution in [-0.2, 0) is 5.54 Å². The van der Waals surface area contributed by atoms with Gasteiger partial charge < -0.3 is 5.73 Å². The van der Waals surface area contributed by atoms with Crippen LogP contribution >= 0.6 is 15.9 Å². The Bertz CT molecular complexity index is 327. The van der Waals surface area contributed by atoms with Crippen molar-refractivity contribution >= 4 is 15.9 Å². The molecule has 1 aromatic heterocycles. The third-order valence-electron chi connectivity index (χ3n) is 1.49. The van der Waals surface area contributed by atoms with Crippen molar-refractivity contribution in [3.63, 3.8) is 0 Å². The van der Waals surface area contributed by atoms with E-state index in [0.717, 1.165) is 4.47 Å². The maximum atomic E-state index is 8.71. The first-order valence-electron chi connectivity index (χ1n) is 3.38. The minimum absolute atomic E-state index is 0.569. The lowest BCUT2D eigenvalue weighted by molar-refractivity contribution is 0.622. The van der Waals surface area contributed by atoms with Crippen molar-refractivity contribution in [1.29, 1.82) is 5.26 Å². The van der Waals surface area contributed by atoms with Gasteiger partial charge in [0, 0.05) is 10.7 Å². The molecule has 4 heteroatoms. The quantitative estimate of drug-likeness (QED) is 0.789. The van der Waals surface area contributed by atoms with Crippen LogP contribution in [0.15, 0.2) is 22.8 Å². The van der Waals surface area contributed by atoms with Gasteiger partial charge in [-0.05, 0) is 19.1 Å². The second-order valence-corrected chi connectivity index (χ2v) is 3.59. The largest absolute Gasteiger partial charge is 0.309 e. The molecule has 1 atom stereocenters. The lowest BCUT2D eigenvalue weighted by Crippen LogP contribution is -2.31. The number of aromatic nitrogens is 1. The molecule has 1 unspecified atom stereocenters.